The lowest BCUT2D eigenvalue weighted by atomic mass is 9.74. The Labute approximate surface area is 372 Å². The highest BCUT2D eigenvalue weighted by Gasteiger charge is 2.43. The first-order valence-electron chi connectivity index (χ1n) is 22.4. The van der Waals surface area contributed by atoms with E-state index >= 15 is 0 Å². The molecule has 3 aliphatic rings. The zero-order valence-corrected chi connectivity index (χ0v) is 36.6. The topological polar surface area (TPSA) is 3.24 Å². The molecule has 0 bridgehead atoms. The Hall–Kier alpha value is -7.22. The smallest absolute Gasteiger partial charge is 0.0543 e. The molecule has 0 spiro atoms. The van der Waals surface area contributed by atoms with Crippen LogP contribution < -0.4 is 4.90 Å². The van der Waals surface area contributed by atoms with Gasteiger partial charge in [0.2, 0.25) is 0 Å². The third-order valence-electron chi connectivity index (χ3n) is 15.0. The van der Waals surface area contributed by atoms with Crippen molar-refractivity contribution in [2.75, 3.05) is 4.90 Å². The fourth-order valence-electron chi connectivity index (χ4n) is 11.8. The summed E-state index contributed by atoms with van der Waals surface area (Å²) in [5.74, 6) is 0. The SMILES string of the molecule is CC1(C)c2ccccc2-c2ccc(-c3ccc(N(c4ccc(-c5cccc6c5C(C)(C)c5ccccc5-6)cc4)c4cccc5c4-c4ccccc4C5(C)c4ccccc4)cc3)cc21. The first-order valence-corrected chi connectivity index (χ1v) is 22.4. The first-order chi connectivity index (χ1) is 30.7. The van der Waals surface area contributed by atoms with E-state index in [1.807, 2.05) is 0 Å². The van der Waals surface area contributed by atoms with Gasteiger partial charge in [0.05, 0.1) is 5.69 Å². The Balaban J connectivity index is 1.00. The van der Waals surface area contributed by atoms with Gasteiger partial charge in [-0.05, 0) is 132 Å². The summed E-state index contributed by atoms with van der Waals surface area (Å²) in [7, 11) is 0. The van der Waals surface area contributed by atoms with Crippen molar-refractivity contribution >= 4 is 17.1 Å². The highest BCUT2D eigenvalue weighted by molar-refractivity contribution is 5.97. The maximum atomic E-state index is 2.48. The standard InChI is InChI=1S/C62H49N/c1-60(2)52-24-12-9-19-47(52)49-38-33-42(39-56(49)60)40-29-34-44(35-30-40)63(57-28-16-27-55-58(57)51-21-11-14-26-54(51)62(55,5)43-17-7-6-8-18-43)45-36-31-41(32-37-45)46-22-15-23-50-48-20-10-13-25-53(48)61(3,4)59(46)50/h6-39H,1-5H3. The second-order valence-corrected chi connectivity index (χ2v) is 19.0. The molecule has 302 valence electrons. The molecule has 1 nitrogen and oxygen atoms in total. The van der Waals surface area contributed by atoms with Crippen molar-refractivity contribution in [3.8, 4) is 55.6 Å². The Morgan fingerprint density at radius 2 is 0.810 bits per heavy atom. The van der Waals surface area contributed by atoms with E-state index < -0.39 is 0 Å². The predicted octanol–water partition coefficient (Wildman–Crippen LogP) is 16.4. The van der Waals surface area contributed by atoms with E-state index in [1.165, 1.54) is 100 Å². The lowest BCUT2D eigenvalue weighted by molar-refractivity contribution is 0.660. The van der Waals surface area contributed by atoms with Crippen LogP contribution in [-0.2, 0) is 16.2 Å². The van der Waals surface area contributed by atoms with E-state index in [9.17, 15) is 0 Å². The summed E-state index contributed by atoms with van der Waals surface area (Å²) >= 11 is 0. The molecule has 0 aliphatic heterocycles. The van der Waals surface area contributed by atoms with E-state index in [1.54, 1.807) is 0 Å². The lowest BCUT2D eigenvalue weighted by Gasteiger charge is -2.31. The number of hydrogen-bond acceptors (Lipinski definition) is 1. The molecule has 0 N–H and O–H groups in total. The maximum Gasteiger partial charge on any atom is 0.0543 e. The molecule has 0 amide bonds. The maximum absolute atomic E-state index is 2.48. The summed E-state index contributed by atoms with van der Waals surface area (Å²) in [5.41, 5.74) is 25.5. The van der Waals surface area contributed by atoms with Crippen LogP contribution in [0.2, 0.25) is 0 Å². The molecule has 1 atom stereocenters. The largest absolute Gasteiger partial charge is 0.310 e. The number of fused-ring (bicyclic) bond motifs is 9. The van der Waals surface area contributed by atoms with Gasteiger partial charge in [-0.1, -0.05) is 198 Å². The molecule has 0 radical (unpaired) electrons. The number of hydrogen-bond donors (Lipinski definition) is 0. The quantitative estimate of drug-likeness (QED) is 0.162. The van der Waals surface area contributed by atoms with Crippen LogP contribution in [0.15, 0.2) is 206 Å². The van der Waals surface area contributed by atoms with Crippen LogP contribution >= 0.6 is 0 Å². The Bertz CT molecular complexity index is 3280. The van der Waals surface area contributed by atoms with E-state index in [4.69, 9.17) is 0 Å². The molecule has 3 aliphatic carbocycles. The van der Waals surface area contributed by atoms with Crippen LogP contribution in [0.4, 0.5) is 17.1 Å². The number of rotatable bonds is 6. The number of benzene rings is 9. The fourth-order valence-corrected chi connectivity index (χ4v) is 11.8. The second-order valence-electron chi connectivity index (χ2n) is 19.0. The molecule has 0 fully saturated rings. The summed E-state index contributed by atoms with van der Waals surface area (Å²) in [6, 6.07) is 77.3. The molecule has 1 heteroatoms. The highest BCUT2D eigenvalue weighted by atomic mass is 15.1. The van der Waals surface area contributed by atoms with Gasteiger partial charge in [-0.15, -0.1) is 0 Å². The van der Waals surface area contributed by atoms with Crippen LogP contribution in [0.25, 0.3) is 55.6 Å². The van der Waals surface area contributed by atoms with Crippen LogP contribution in [0, 0.1) is 0 Å². The van der Waals surface area contributed by atoms with E-state index in [0.717, 1.165) is 11.4 Å². The predicted molar refractivity (Wildman–Crippen MR) is 265 cm³/mol. The molecule has 9 aromatic rings. The molecule has 63 heavy (non-hydrogen) atoms. The molecule has 0 aromatic heterocycles. The van der Waals surface area contributed by atoms with Crippen molar-refractivity contribution in [3.63, 3.8) is 0 Å². The number of anilines is 3. The normalized spacial score (nSPS) is 16.7. The Kier molecular flexibility index (Phi) is 8.13. The zero-order valence-electron chi connectivity index (χ0n) is 36.6. The van der Waals surface area contributed by atoms with E-state index in [2.05, 4.69) is 246 Å². The summed E-state index contributed by atoms with van der Waals surface area (Å²) in [5, 5.41) is 0. The average Bonchev–Trinajstić information content (AvgIpc) is 3.84. The van der Waals surface area contributed by atoms with Gasteiger partial charge in [0, 0.05) is 33.2 Å². The molecular weight excluding hydrogens is 759 g/mol. The highest BCUT2D eigenvalue weighted by Crippen LogP contribution is 2.57. The lowest BCUT2D eigenvalue weighted by Crippen LogP contribution is -2.22. The van der Waals surface area contributed by atoms with Crippen molar-refractivity contribution in [3.05, 3.63) is 245 Å². The zero-order chi connectivity index (χ0) is 42.7. The van der Waals surface area contributed by atoms with Crippen LogP contribution in [0.5, 0.6) is 0 Å². The summed E-state index contributed by atoms with van der Waals surface area (Å²) in [6.45, 7) is 11.9. The van der Waals surface area contributed by atoms with Gasteiger partial charge in [-0.2, -0.15) is 0 Å². The van der Waals surface area contributed by atoms with Gasteiger partial charge in [0.15, 0.2) is 0 Å². The molecule has 0 saturated heterocycles. The van der Waals surface area contributed by atoms with Crippen molar-refractivity contribution < 1.29 is 0 Å². The van der Waals surface area contributed by atoms with Crippen LogP contribution in [0.1, 0.15) is 73.6 Å². The third kappa shape index (κ3) is 5.36. The van der Waals surface area contributed by atoms with Gasteiger partial charge in [-0.3, -0.25) is 0 Å². The molecule has 9 aromatic carbocycles. The minimum absolute atomic E-state index is 0.0529. The molecular formula is C62H49N. The third-order valence-corrected chi connectivity index (χ3v) is 15.0. The average molecular weight is 808 g/mol. The summed E-state index contributed by atoms with van der Waals surface area (Å²) < 4.78 is 0. The first kappa shape index (κ1) is 37.5. The van der Waals surface area contributed by atoms with Crippen LogP contribution in [0.3, 0.4) is 0 Å². The minimum atomic E-state index is -0.304. The molecule has 0 heterocycles. The van der Waals surface area contributed by atoms with Crippen molar-refractivity contribution in [1.29, 1.82) is 0 Å². The van der Waals surface area contributed by atoms with Gasteiger partial charge < -0.3 is 4.90 Å². The second kappa shape index (κ2) is 13.6. The van der Waals surface area contributed by atoms with Gasteiger partial charge >= 0.3 is 0 Å². The Morgan fingerprint density at radius 3 is 1.51 bits per heavy atom. The van der Waals surface area contributed by atoms with E-state index in [0.29, 0.717) is 0 Å². The van der Waals surface area contributed by atoms with Gasteiger partial charge in [0.1, 0.15) is 0 Å². The van der Waals surface area contributed by atoms with Crippen molar-refractivity contribution in [2.45, 2.75) is 50.9 Å². The minimum Gasteiger partial charge on any atom is -0.310 e. The summed E-state index contributed by atoms with van der Waals surface area (Å²) in [6.07, 6.45) is 0. The Morgan fingerprint density at radius 1 is 0.317 bits per heavy atom. The molecule has 1 unspecified atom stereocenters. The molecule has 12 rings (SSSR count). The monoisotopic (exact) mass is 807 g/mol. The number of nitrogens with zero attached hydrogens (tertiary/aromatic N) is 1. The van der Waals surface area contributed by atoms with Crippen LogP contribution in [-0.4, -0.2) is 0 Å². The van der Waals surface area contributed by atoms with Crippen molar-refractivity contribution in [1.82, 2.24) is 0 Å². The van der Waals surface area contributed by atoms with E-state index in [-0.39, 0.29) is 16.2 Å². The molecule has 0 saturated carbocycles. The van der Waals surface area contributed by atoms with Gasteiger partial charge in [-0.25, -0.2) is 0 Å². The summed E-state index contributed by atoms with van der Waals surface area (Å²) in [4.78, 5) is 2.48. The van der Waals surface area contributed by atoms with Crippen molar-refractivity contribution in [2.24, 2.45) is 0 Å². The van der Waals surface area contributed by atoms with Gasteiger partial charge in [0.25, 0.3) is 0 Å². The fraction of sp³-hybridized carbons (Fsp3) is 0.129.